The molecule has 0 bridgehead atoms. The molecule has 2 aromatic rings. The fraction of sp³-hybridized carbons (Fsp3) is 0.308. The monoisotopic (exact) mass is 307 g/mol. The first-order chi connectivity index (χ1) is 8.79. The summed E-state index contributed by atoms with van der Waals surface area (Å²) in [6.45, 7) is 1.99. The van der Waals surface area contributed by atoms with E-state index >= 15 is 0 Å². The Labute approximate surface area is 114 Å². The molecule has 1 aliphatic heterocycles. The standard InChI is InChI=1S/C13H14BrN3O/c1-18-10-5-2-4-9(8-10)11-12(14)17-7-3-6-15-13(17)16-11/h2,4-5,8H,3,6-7H2,1H3,(H,15,16). The highest BCUT2D eigenvalue weighted by molar-refractivity contribution is 9.10. The number of nitrogens with zero attached hydrogens (tertiary/aromatic N) is 2. The number of imidazole rings is 1. The number of methoxy groups -OCH3 is 1. The van der Waals surface area contributed by atoms with E-state index in [1.165, 1.54) is 0 Å². The van der Waals surface area contributed by atoms with Gasteiger partial charge in [-0.25, -0.2) is 4.98 Å². The van der Waals surface area contributed by atoms with Gasteiger partial charge in [0.25, 0.3) is 0 Å². The summed E-state index contributed by atoms with van der Waals surface area (Å²) in [6, 6.07) is 7.96. The second-order valence-corrected chi connectivity index (χ2v) is 4.99. The van der Waals surface area contributed by atoms with Gasteiger partial charge in [0.05, 0.1) is 7.11 Å². The van der Waals surface area contributed by atoms with Gasteiger partial charge in [0.15, 0.2) is 0 Å². The molecule has 0 atom stereocenters. The highest BCUT2D eigenvalue weighted by Crippen LogP contribution is 2.33. The lowest BCUT2D eigenvalue weighted by molar-refractivity contribution is 0.415. The van der Waals surface area contributed by atoms with Gasteiger partial charge in [0, 0.05) is 18.7 Å². The molecule has 18 heavy (non-hydrogen) atoms. The van der Waals surface area contributed by atoms with Crippen molar-refractivity contribution < 1.29 is 4.74 Å². The van der Waals surface area contributed by atoms with Crippen molar-refractivity contribution in [2.75, 3.05) is 19.0 Å². The third-order valence-electron chi connectivity index (χ3n) is 3.09. The summed E-state index contributed by atoms with van der Waals surface area (Å²) in [5, 5.41) is 3.31. The van der Waals surface area contributed by atoms with Crippen LogP contribution in [0.4, 0.5) is 5.95 Å². The van der Waals surface area contributed by atoms with Gasteiger partial charge in [-0.05, 0) is 34.5 Å². The van der Waals surface area contributed by atoms with Gasteiger partial charge >= 0.3 is 0 Å². The first-order valence-corrected chi connectivity index (χ1v) is 6.73. The van der Waals surface area contributed by atoms with Gasteiger partial charge in [-0.3, -0.25) is 0 Å². The number of aromatic nitrogens is 2. The largest absolute Gasteiger partial charge is 0.497 e. The molecule has 0 fully saturated rings. The van der Waals surface area contributed by atoms with Crippen molar-refractivity contribution in [2.24, 2.45) is 0 Å². The van der Waals surface area contributed by atoms with Crippen LogP contribution < -0.4 is 10.1 Å². The highest BCUT2D eigenvalue weighted by atomic mass is 79.9. The minimum Gasteiger partial charge on any atom is -0.497 e. The lowest BCUT2D eigenvalue weighted by Gasteiger charge is -2.15. The topological polar surface area (TPSA) is 39.1 Å². The molecule has 1 aromatic carbocycles. The molecule has 1 aliphatic rings. The van der Waals surface area contributed by atoms with Gasteiger partial charge in [-0.2, -0.15) is 0 Å². The minimum atomic E-state index is 0.846. The Bertz CT molecular complexity index is 580. The van der Waals surface area contributed by atoms with Crippen molar-refractivity contribution in [3.63, 3.8) is 0 Å². The highest BCUT2D eigenvalue weighted by Gasteiger charge is 2.18. The van der Waals surface area contributed by atoms with E-state index in [0.717, 1.165) is 47.1 Å². The fourth-order valence-electron chi connectivity index (χ4n) is 2.16. The van der Waals surface area contributed by atoms with Crippen LogP contribution in [0.2, 0.25) is 0 Å². The SMILES string of the molecule is COc1cccc(-c2nc3n(c2Br)CCCN3)c1. The van der Waals surface area contributed by atoms with E-state index in [2.05, 4.69) is 30.8 Å². The molecule has 3 rings (SSSR count). The van der Waals surface area contributed by atoms with E-state index in [0.29, 0.717) is 0 Å². The molecule has 0 saturated carbocycles. The molecular weight excluding hydrogens is 294 g/mol. The quantitative estimate of drug-likeness (QED) is 0.926. The van der Waals surface area contributed by atoms with Gasteiger partial charge in [0.1, 0.15) is 16.0 Å². The molecule has 5 heteroatoms. The van der Waals surface area contributed by atoms with E-state index in [-0.39, 0.29) is 0 Å². The number of benzene rings is 1. The van der Waals surface area contributed by atoms with Crippen LogP contribution in [0.15, 0.2) is 28.9 Å². The molecule has 0 radical (unpaired) electrons. The van der Waals surface area contributed by atoms with E-state index in [1.54, 1.807) is 7.11 Å². The molecule has 1 aromatic heterocycles. The minimum absolute atomic E-state index is 0.846. The van der Waals surface area contributed by atoms with E-state index < -0.39 is 0 Å². The van der Waals surface area contributed by atoms with Crippen molar-refractivity contribution in [3.05, 3.63) is 28.9 Å². The Morgan fingerprint density at radius 2 is 2.33 bits per heavy atom. The third-order valence-corrected chi connectivity index (χ3v) is 3.89. The summed E-state index contributed by atoms with van der Waals surface area (Å²) in [6.07, 6.45) is 1.12. The maximum absolute atomic E-state index is 5.25. The maximum atomic E-state index is 5.25. The first-order valence-electron chi connectivity index (χ1n) is 5.94. The number of hydrogen-bond acceptors (Lipinski definition) is 3. The van der Waals surface area contributed by atoms with E-state index in [1.807, 2.05) is 24.3 Å². The lowest BCUT2D eigenvalue weighted by atomic mass is 10.1. The van der Waals surface area contributed by atoms with Crippen LogP contribution >= 0.6 is 15.9 Å². The maximum Gasteiger partial charge on any atom is 0.204 e. The molecule has 2 heterocycles. The van der Waals surface area contributed by atoms with Crippen LogP contribution in [-0.4, -0.2) is 23.2 Å². The summed E-state index contributed by atoms with van der Waals surface area (Å²) in [4.78, 5) is 4.65. The zero-order chi connectivity index (χ0) is 12.5. The molecule has 0 unspecified atom stereocenters. The molecular formula is C13H14BrN3O. The summed E-state index contributed by atoms with van der Waals surface area (Å²) in [7, 11) is 1.67. The predicted molar refractivity (Wildman–Crippen MR) is 75.0 cm³/mol. The van der Waals surface area contributed by atoms with Crippen LogP contribution in [0.3, 0.4) is 0 Å². The second kappa shape index (κ2) is 4.65. The van der Waals surface area contributed by atoms with Gasteiger partial charge in [0.2, 0.25) is 5.95 Å². The summed E-state index contributed by atoms with van der Waals surface area (Å²) >= 11 is 3.64. The fourth-order valence-corrected chi connectivity index (χ4v) is 2.83. The second-order valence-electron chi connectivity index (χ2n) is 4.24. The summed E-state index contributed by atoms with van der Waals surface area (Å²) in [5.74, 6) is 1.78. The predicted octanol–water partition coefficient (Wildman–Crippen LogP) is 3.14. The van der Waals surface area contributed by atoms with Gasteiger partial charge in [-0.1, -0.05) is 12.1 Å². The zero-order valence-electron chi connectivity index (χ0n) is 10.1. The van der Waals surface area contributed by atoms with Crippen molar-refractivity contribution in [3.8, 4) is 17.0 Å². The number of nitrogens with one attached hydrogen (secondary N) is 1. The Hall–Kier alpha value is -1.49. The van der Waals surface area contributed by atoms with Crippen molar-refractivity contribution in [1.29, 1.82) is 0 Å². The average molecular weight is 308 g/mol. The van der Waals surface area contributed by atoms with Gasteiger partial charge in [-0.15, -0.1) is 0 Å². The Morgan fingerprint density at radius 3 is 3.11 bits per heavy atom. The lowest BCUT2D eigenvalue weighted by Crippen LogP contribution is -2.17. The Morgan fingerprint density at radius 1 is 1.44 bits per heavy atom. The number of hydrogen-bond donors (Lipinski definition) is 1. The Kier molecular flexibility index (Phi) is 2.99. The van der Waals surface area contributed by atoms with Gasteiger partial charge < -0.3 is 14.6 Å². The van der Waals surface area contributed by atoms with Crippen LogP contribution in [0, 0.1) is 0 Å². The number of fused-ring (bicyclic) bond motifs is 1. The first kappa shape index (κ1) is 11.6. The number of ether oxygens (including phenoxy) is 1. The number of anilines is 1. The molecule has 1 N–H and O–H groups in total. The summed E-state index contributed by atoms with van der Waals surface area (Å²) < 4.78 is 8.44. The van der Waals surface area contributed by atoms with Crippen LogP contribution in [0.5, 0.6) is 5.75 Å². The summed E-state index contributed by atoms with van der Waals surface area (Å²) in [5.41, 5.74) is 2.02. The van der Waals surface area contributed by atoms with Crippen molar-refractivity contribution >= 4 is 21.9 Å². The number of halogens is 1. The zero-order valence-corrected chi connectivity index (χ0v) is 11.7. The molecule has 94 valence electrons. The van der Waals surface area contributed by atoms with Crippen molar-refractivity contribution in [2.45, 2.75) is 13.0 Å². The van der Waals surface area contributed by atoms with E-state index in [9.17, 15) is 0 Å². The van der Waals surface area contributed by atoms with Crippen molar-refractivity contribution in [1.82, 2.24) is 9.55 Å². The molecule has 4 nitrogen and oxygen atoms in total. The Balaban J connectivity index is 2.08. The normalized spacial score (nSPS) is 13.9. The average Bonchev–Trinajstić information content (AvgIpc) is 2.77. The van der Waals surface area contributed by atoms with Crippen LogP contribution in [0.1, 0.15) is 6.42 Å². The molecule has 0 saturated heterocycles. The van der Waals surface area contributed by atoms with Crippen LogP contribution in [-0.2, 0) is 6.54 Å². The molecule has 0 amide bonds. The van der Waals surface area contributed by atoms with E-state index in [4.69, 9.17) is 4.74 Å². The molecule has 0 aliphatic carbocycles. The number of rotatable bonds is 2. The molecule has 0 spiro atoms. The third kappa shape index (κ3) is 1.88. The smallest absolute Gasteiger partial charge is 0.204 e. The van der Waals surface area contributed by atoms with Crippen LogP contribution in [0.25, 0.3) is 11.3 Å².